The number of carbonyl (C=O) groups is 7. The molecule has 1 unspecified atom stereocenters. The summed E-state index contributed by atoms with van der Waals surface area (Å²) in [7, 11) is 21.5. The van der Waals surface area contributed by atoms with Gasteiger partial charge >= 0.3 is 11.9 Å². The number of aliphatic hydroxyl groups is 4. The van der Waals surface area contributed by atoms with Gasteiger partial charge in [-0.2, -0.15) is 0 Å². The molecule has 3 saturated heterocycles. The third-order valence-electron chi connectivity index (χ3n) is 13.2. The number of hydrogen-bond donors (Lipinski definition) is 8. The van der Waals surface area contributed by atoms with Crippen LogP contribution in [-0.2, 0) is 62.0 Å². The van der Waals surface area contributed by atoms with E-state index in [-0.39, 0.29) is 68.2 Å². The van der Waals surface area contributed by atoms with Crippen LogP contribution < -0.4 is 21.3 Å². The number of methoxy groups -OCH3 is 2. The van der Waals surface area contributed by atoms with Crippen molar-refractivity contribution >= 4 is 64.9 Å². The minimum absolute atomic E-state index is 0.0888. The molecule has 22 nitrogen and oxygen atoms in total. The Morgan fingerprint density at radius 3 is 1.34 bits per heavy atom. The second-order valence-electron chi connectivity index (χ2n) is 19.3. The van der Waals surface area contributed by atoms with Crippen LogP contribution >= 0.6 is 0 Å². The molecule has 3 aliphatic rings. The van der Waals surface area contributed by atoms with Crippen LogP contribution in [0.3, 0.4) is 0 Å². The van der Waals surface area contributed by atoms with Gasteiger partial charge in [-0.1, -0.05) is 12.8 Å². The number of nitrogens with zero attached hydrogens (tertiary/aromatic N) is 1. The number of aliphatic hydroxyl groups excluding tert-OH is 4. The lowest BCUT2D eigenvalue weighted by molar-refractivity contribution is -0.139. The van der Waals surface area contributed by atoms with Gasteiger partial charge < -0.3 is 75.0 Å². The molecular weight excluding hydrogens is 963 g/mol. The molecule has 0 aromatic rings. The minimum Gasteiger partial charge on any atom is -0.469 e. The standard InChI is InChI=1S/C43H74B3N5O13.2C3H6O2/c1-23-41(58)35(44)38(48-26(4)53)31(62-23)14-8-7-13-29(21-61-22-52)30(56)20-51(18-12-10-16-33-40(50-28(6)55)37(46)43(60)25(3)64-33)34(57)19-47-17-11-9-15-32-39(49-27(5)54)36(45)42(59)24(2)63-32;2*1-3(4)5-2/h23-25,29,31-33,35-43,47,52,58-60H,7-22H2,1-6H3,(H,48,53)(H,49,54)(H,50,55);2*1-2H3/t23-,24-,25+,29?,31-,32-,33+,35-,36-,37+,38+,39+,40-,41+,42+,43-;;/m1../s1/i/hT. The average Bonchev–Trinajstić information content (AvgIpc) is 3.34. The van der Waals surface area contributed by atoms with E-state index in [1.165, 1.54) is 53.7 Å². The van der Waals surface area contributed by atoms with Crippen LogP contribution in [0, 0.1) is 5.92 Å². The van der Waals surface area contributed by atoms with Crippen molar-refractivity contribution < 1.29 is 83.8 Å². The molecule has 0 aromatic heterocycles. The summed E-state index contributed by atoms with van der Waals surface area (Å²) in [5, 5.41) is 50.4. The molecule has 0 aliphatic carbocycles. The van der Waals surface area contributed by atoms with Crippen LogP contribution in [0.1, 0.15) is 120 Å². The van der Waals surface area contributed by atoms with Crippen LogP contribution in [0.15, 0.2) is 0 Å². The Balaban J connectivity index is 0.00000256. The Bertz CT molecular complexity index is 1740. The Morgan fingerprint density at radius 1 is 0.622 bits per heavy atom. The second kappa shape index (κ2) is 36.4. The highest BCUT2D eigenvalue weighted by Crippen LogP contribution is 2.33. The van der Waals surface area contributed by atoms with Gasteiger partial charge in [0.25, 0.3) is 0 Å². The summed E-state index contributed by atoms with van der Waals surface area (Å²) in [5.41, 5.74) is 0. The molecule has 0 saturated carbocycles. The lowest BCUT2D eigenvalue weighted by atomic mass is 9.70. The topological polar surface area (TPSA) is 307 Å². The average molecular weight is 1050 g/mol. The molecule has 4 amide bonds. The highest BCUT2D eigenvalue weighted by atomic mass is 16.6. The first kappa shape index (κ1) is 66.4. The molecule has 3 aliphatic heterocycles. The van der Waals surface area contributed by atoms with Gasteiger partial charge in [-0.25, -0.2) is 0 Å². The lowest BCUT2D eigenvalue weighted by Gasteiger charge is -2.43. The van der Waals surface area contributed by atoms with Gasteiger partial charge in [-0.05, 0) is 96.1 Å². The first-order chi connectivity index (χ1) is 35.2. The first-order valence-electron chi connectivity index (χ1n) is 26.1. The van der Waals surface area contributed by atoms with E-state index in [0.717, 1.165) is 5.31 Å². The third-order valence-corrected chi connectivity index (χ3v) is 13.2. The monoisotopic (exact) mass is 1050 g/mol. The predicted molar refractivity (Wildman–Crippen MR) is 275 cm³/mol. The highest BCUT2D eigenvalue weighted by molar-refractivity contribution is 6.13. The fourth-order valence-electron chi connectivity index (χ4n) is 9.03. The van der Waals surface area contributed by atoms with Gasteiger partial charge in [0, 0.05) is 47.1 Å². The Kier molecular flexibility index (Phi) is 32.7. The van der Waals surface area contributed by atoms with E-state index < -0.39 is 109 Å². The molecule has 6 radical (unpaired) electrons. The quantitative estimate of drug-likeness (QED) is 0.0238. The zero-order valence-corrected chi connectivity index (χ0v) is 45.3. The predicted octanol–water partition coefficient (Wildman–Crippen LogP) is -0.354. The van der Waals surface area contributed by atoms with E-state index in [0.29, 0.717) is 64.2 Å². The molecule has 25 heteroatoms. The molecule has 418 valence electrons. The summed E-state index contributed by atoms with van der Waals surface area (Å²) in [6.07, 6.45) is -1.04. The smallest absolute Gasteiger partial charge is 0.302 e. The van der Waals surface area contributed by atoms with E-state index in [2.05, 4.69) is 25.4 Å². The largest absolute Gasteiger partial charge is 0.469 e. The molecule has 0 spiro atoms. The van der Waals surface area contributed by atoms with Crippen LogP contribution in [-0.4, -0.2) is 217 Å². The molecule has 8 N–H and O–H groups in total. The minimum atomic E-state index is -0.979. The number of esters is 2. The molecule has 16 atom stereocenters. The number of ether oxygens (including phenoxy) is 6. The summed E-state index contributed by atoms with van der Waals surface area (Å²) in [6, 6.07) is -1.84. The summed E-state index contributed by atoms with van der Waals surface area (Å²) < 4.78 is 40.2. The fourth-order valence-corrected chi connectivity index (χ4v) is 9.03. The van der Waals surface area contributed by atoms with E-state index in [4.69, 9.17) is 43.9 Å². The maximum Gasteiger partial charge on any atom is 0.302 e. The van der Waals surface area contributed by atoms with Gasteiger partial charge in [-0.3, -0.25) is 33.6 Å². The van der Waals surface area contributed by atoms with Crippen molar-refractivity contribution in [2.24, 2.45) is 5.92 Å². The number of hydrogen-bond acceptors (Lipinski definition) is 18. The molecule has 0 aromatic carbocycles. The van der Waals surface area contributed by atoms with Crippen molar-refractivity contribution in [3.63, 3.8) is 0 Å². The molecule has 3 rings (SSSR count). The van der Waals surface area contributed by atoms with Gasteiger partial charge in [0.05, 0.1) is 131 Å². The first-order valence-corrected chi connectivity index (χ1v) is 25.6. The van der Waals surface area contributed by atoms with Crippen LogP contribution in [0.2, 0.25) is 18.9 Å². The van der Waals surface area contributed by atoms with Crippen molar-refractivity contribution in [2.45, 2.75) is 210 Å². The SMILES string of the molecule is COC(C)=O.COC(C)=O.[3H]N(CCCC[C@H]1O[C@H](C)[C@H](O)[C@H]([B])[C@H]1NC(C)=O)CC(=O)N(CCCC[C@@H]1O[C@@H](C)[C@@H](O)[C@@H]([B])[C@@H]1NC(C)=O)CC(=O)C(CCCC[C@H]1O[C@H](C)[C@H](O)[C@H]([B])[C@H]1NC(C)=O)COCO. The lowest BCUT2D eigenvalue weighted by Crippen LogP contribution is -2.57. The van der Waals surface area contributed by atoms with Gasteiger partial charge in [-0.15, -0.1) is 0 Å². The van der Waals surface area contributed by atoms with E-state index in [9.17, 15) is 54.0 Å². The molecule has 3 fully saturated rings. The zero-order chi connectivity index (χ0) is 57.1. The fraction of sp³-hybridized carbons (Fsp3) is 0.857. The van der Waals surface area contributed by atoms with Crippen LogP contribution in [0.4, 0.5) is 0 Å². The van der Waals surface area contributed by atoms with Gasteiger partial charge in [0.2, 0.25) is 23.6 Å². The number of rotatable bonds is 26. The van der Waals surface area contributed by atoms with Crippen molar-refractivity contribution in [3.05, 3.63) is 0 Å². The van der Waals surface area contributed by atoms with Crippen LogP contribution in [0.5, 0.6) is 0 Å². The summed E-state index contributed by atoms with van der Waals surface area (Å²) in [6.45, 7) is 11.0. The summed E-state index contributed by atoms with van der Waals surface area (Å²) >= 11 is 0. The van der Waals surface area contributed by atoms with Gasteiger partial charge in [0.15, 0.2) is 5.78 Å². The number of carbonyl (C=O) groups excluding carboxylic acids is 7. The number of ketones is 1. The maximum absolute atomic E-state index is 14.0. The molecule has 3 heterocycles. The normalized spacial score (nSPS) is 30.1. The van der Waals surface area contributed by atoms with Crippen molar-refractivity contribution in [1.29, 1.82) is 0 Å². The number of amides is 4. The second-order valence-corrected chi connectivity index (χ2v) is 19.3. The Labute approximate surface area is 443 Å². The number of nitrogens with one attached hydrogen (secondary N) is 4. The summed E-state index contributed by atoms with van der Waals surface area (Å²) in [5.74, 6) is -5.04. The number of Topliss-reactive ketones (excluding diaryl/α,β-unsaturated/α-hetero) is 1. The van der Waals surface area contributed by atoms with E-state index in [1.807, 2.05) is 0 Å². The molecular formula is C49H86B3N5O17. The Morgan fingerprint density at radius 2 is 0.986 bits per heavy atom. The van der Waals surface area contributed by atoms with Gasteiger partial charge in [0.1, 0.15) is 8.20 Å². The maximum atomic E-state index is 14.0. The van der Waals surface area contributed by atoms with Crippen molar-refractivity contribution in [1.82, 2.24) is 26.2 Å². The molecule has 74 heavy (non-hydrogen) atoms. The molecule has 0 bridgehead atoms. The number of unbranched alkanes of at least 4 members (excludes halogenated alkanes) is 3. The van der Waals surface area contributed by atoms with Crippen molar-refractivity contribution in [3.8, 4) is 0 Å². The van der Waals surface area contributed by atoms with Crippen molar-refractivity contribution in [2.75, 3.05) is 53.8 Å². The summed E-state index contributed by atoms with van der Waals surface area (Å²) in [4.78, 5) is 84.3. The van der Waals surface area contributed by atoms with E-state index in [1.54, 1.807) is 20.8 Å². The zero-order valence-electron chi connectivity index (χ0n) is 46.3. The highest BCUT2D eigenvalue weighted by Gasteiger charge is 2.43. The Hall–Kier alpha value is -3.68. The third kappa shape index (κ3) is 25.0. The van der Waals surface area contributed by atoms with Crippen LogP contribution in [0.25, 0.3) is 0 Å². The van der Waals surface area contributed by atoms with E-state index >= 15 is 0 Å².